The number of nitrogens with zero attached hydrogens (tertiary/aromatic N) is 2. The highest BCUT2D eigenvalue weighted by atomic mass is 35.5. The van der Waals surface area contributed by atoms with Gasteiger partial charge in [0.05, 0.1) is 22.7 Å². The largest absolute Gasteiger partial charge is 0.468 e. The number of esters is 1. The first kappa shape index (κ1) is 20.3. The van der Waals surface area contributed by atoms with Crippen molar-refractivity contribution in [1.29, 1.82) is 0 Å². The van der Waals surface area contributed by atoms with Crippen LogP contribution in [0.5, 0.6) is 0 Å². The highest BCUT2D eigenvalue weighted by molar-refractivity contribution is 7.10. The van der Waals surface area contributed by atoms with Gasteiger partial charge in [-0.15, -0.1) is 0 Å². The first-order valence-electron chi connectivity index (χ1n) is 9.04. The van der Waals surface area contributed by atoms with Crippen LogP contribution in [0.25, 0.3) is 0 Å². The number of anilines is 2. The number of aromatic nitrogens is 1. The van der Waals surface area contributed by atoms with E-state index in [-0.39, 0.29) is 28.8 Å². The summed E-state index contributed by atoms with van der Waals surface area (Å²) in [5.74, 6) is -1.59. The number of ether oxygens (including phenoxy) is 1. The fourth-order valence-corrected chi connectivity index (χ4v) is 4.82. The van der Waals surface area contributed by atoms with Crippen molar-refractivity contribution in [2.24, 2.45) is 0 Å². The van der Waals surface area contributed by atoms with Crippen molar-refractivity contribution in [3.63, 3.8) is 0 Å². The number of halogens is 2. The molecule has 1 aliphatic rings. The Balaban J connectivity index is 1.92. The topological polar surface area (TPSA) is 68.6 Å². The van der Waals surface area contributed by atoms with Gasteiger partial charge in [0, 0.05) is 12.3 Å². The second kappa shape index (κ2) is 8.04. The molecule has 3 aromatic rings. The fraction of sp³-hybridized carbons (Fsp3) is 0.190. The zero-order valence-corrected chi connectivity index (χ0v) is 17.4. The monoisotopic (exact) mass is 446 g/mol. The lowest BCUT2D eigenvalue weighted by Gasteiger charge is -2.32. The van der Waals surface area contributed by atoms with Crippen LogP contribution in [0.2, 0.25) is 5.02 Å². The molecule has 0 aliphatic carbocycles. The van der Waals surface area contributed by atoms with Crippen LogP contribution in [0.15, 0.2) is 53.3 Å². The van der Waals surface area contributed by atoms with E-state index in [0.717, 1.165) is 11.3 Å². The maximum absolute atomic E-state index is 13.7. The van der Waals surface area contributed by atoms with Crippen LogP contribution in [0.1, 0.15) is 22.8 Å². The molecule has 1 aromatic heterocycles. The zero-order valence-electron chi connectivity index (χ0n) is 15.8. The smallest absolute Gasteiger partial charge is 0.325 e. The van der Waals surface area contributed by atoms with Crippen molar-refractivity contribution in [2.75, 3.05) is 12.0 Å². The molecular formula is C21H16ClFN2O4S. The van der Waals surface area contributed by atoms with Gasteiger partial charge in [0.25, 0.3) is 0 Å². The summed E-state index contributed by atoms with van der Waals surface area (Å²) in [5, 5.41) is -0.0617. The Bertz CT molecular complexity index is 1190. The van der Waals surface area contributed by atoms with Crippen LogP contribution in [0.3, 0.4) is 0 Å². The summed E-state index contributed by atoms with van der Waals surface area (Å²) < 4.78 is 19.6. The third-order valence-electron chi connectivity index (χ3n) is 4.93. The zero-order chi connectivity index (χ0) is 21.4. The number of amides is 1. The van der Waals surface area contributed by atoms with Crippen LogP contribution in [-0.2, 0) is 20.9 Å². The Morgan fingerprint density at radius 1 is 1.23 bits per heavy atom. The molecule has 0 fully saturated rings. The third-order valence-corrected chi connectivity index (χ3v) is 6.30. The third kappa shape index (κ3) is 3.53. The van der Waals surface area contributed by atoms with Gasteiger partial charge in [-0.25, -0.2) is 4.39 Å². The minimum absolute atomic E-state index is 0.0617. The van der Waals surface area contributed by atoms with Crippen molar-refractivity contribution >= 4 is 46.3 Å². The Hall–Kier alpha value is -2.97. The number of fused-ring (bicyclic) bond motifs is 1. The normalized spacial score (nSPS) is 15.8. The molecule has 0 unspecified atom stereocenters. The molecule has 0 saturated carbocycles. The molecule has 0 radical (unpaired) electrons. The maximum Gasteiger partial charge on any atom is 0.325 e. The molecule has 9 heteroatoms. The number of rotatable bonds is 4. The molecule has 0 N–H and O–H groups in total. The molecular weight excluding hydrogens is 431 g/mol. The molecule has 1 atom stereocenters. The van der Waals surface area contributed by atoms with E-state index in [1.807, 2.05) is 6.07 Å². The quantitative estimate of drug-likeness (QED) is 0.566. The average molecular weight is 447 g/mol. The van der Waals surface area contributed by atoms with Crippen molar-refractivity contribution < 1.29 is 18.7 Å². The number of hydrogen-bond acceptors (Lipinski definition) is 5. The van der Waals surface area contributed by atoms with Gasteiger partial charge >= 0.3 is 10.8 Å². The Labute approximate surface area is 180 Å². The van der Waals surface area contributed by atoms with Gasteiger partial charge in [-0.1, -0.05) is 47.2 Å². The van der Waals surface area contributed by atoms with Gasteiger partial charge in [0.15, 0.2) is 0 Å². The second-order valence-corrected chi connectivity index (χ2v) is 8.11. The van der Waals surface area contributed by atoms with Crippen LogP contribution >= 0.6 is 22.9 Å². The molecule has 6 nitrogen and oxygen atoms in total. The summed E-state index contributed by atoms with van der Waals surface area (Å²) in [6.07, 6.45) is 0.0715. The summed E-state index contributed by atoms with van der Waals surface area (Å²) in [4.78, 5) is 39.6. The van der Waals surface area contributed by atoms with Crippen molar-refractivity contribution in [2.45, 2.75) is 18.9 Å². The first-order valence-corrected chi connectivity index (χ1v) is 10.2. The molecule has 154 valence electrons. The van der Waals surface area contributed by atoms with Crippen molar-refractivity contribution in [3.05, 3.63) is 79.5 Å². The Kier molecular flexibility index (Phi) is 5.44. The van der Waals surface area contributed by atoms with Gasteiger partial charge in [0.2, 0.25) is 5.91 Å². The van der Waals surface area contributed by atoms with Crippen LogP contribution in [0.4, 0.5) is 15.9 Å². The standard InChI is InChI=1S/C21H16ClFN2O4S/c1-29-18(27)11-24-20-19(30-21(24)28)14(12-7-8-16(23)15(22)9-12)10-17(26)25(20)13-5-3-2-4-6-13/h2-9,14H,10-11H2,1H3/t14-/m1/s1. The van der Waals surface area contributed by atoms with E-state index in [9.17, 15) is 18.8 Å². The molecule has 0 spiro atoms. The van der Waals surface area contributed by atoms with Crippen LogP contribution in [0, 0.1) is 5.82 Å². The molecule has 2 aromatic carbocycles. The van der Waals surface area contributed by atoms with Crippen LogP contribution < -0.4 is 9.77 Å². The van der Waals surface area contributed by atoms with E-state index in [1.165, 1.54) is 28.7 Å². The van der Waals surface area contributed by atoms with Crippen molar-refractivity contribution in [1.82, 2.24) is 4.57 Å². The molecule has 4 rings (SSSR count). The lowest BCUT2D eigenvalue weighted by molar-refractivity contribution is -0.141. The summed E-state index contributed by atoms with van der Waals surface area (Å²) in [6.45, 7) is -0.325. The molecule has 2 heterocycles. The number of methoxy groups -OCH3 is 1. The second-order valence-electron chi connectivity index (χ2n) is 6.71. The van der Waals surface area contributed by atoms with Gasteiger partial charge < -0.3 is 4.74 Å². The molecule has 1 aliphatic heterocycles. The number of thiazole rings is 1. The predicted octanol–water partition coefficient (Wildman–Crippen LogP) is 4.08. The van der Waals surface area contributed by atoms with E-state index >= 15 is 0 Å². The highest BCUT2D eigenvalue weighted by Crippen LogP contribution is 2.45. The van der Waals surface area contributed by atoms with Gasteiger partial charge in [-0.3, -0.25) is 23.9 Å². The Morgan fingerprint density at radius 2 is 1.97 bits per heavy atom. The number of carbonyl (C=O) groups excluding carboxylic acids is 2. The number of hydrogen-bond donors (Lipinski definition) is 0. The number of carbonyl (C=O) groups is 2. The lowest BCUT2D eigenvalue weighted by Crippen LogP contribution is -2.36. The summed E-state index contributed by atoms with van der Waals surface area (Å²) in [6, 6.07) is 13.1. The predicted molar refractivity (Wildman–Crippen MR) is 112 cm³/mol. The van der Waals surface area contributed by atoms with Gasteiger partial charge in [-0.05, 0) is 29.8 Å². The summed E-state index contributed by atoms with van der Waals surface area (Å²) >= 11 is 6.90. The first-order chi connectivity index (χ1) is 14.4. The molecule has 30 heavy (non-hydrogen) atoms. The van der Waals surface area contributed by atoms with E-state index in [4.69, 9.17) is 16.3 Å². The summed E-state index contributed by atoms with van der Waals surface area (Å²) in [7, 11) is 1.23. The highest BCUT2D eigenvalue weighted by Gasteiger charge is 2.38. The number of para-hydroxylation sites is 1. The SMILES string of the molecule is COC(=O)Cn1c2c(sc1=O)[C@@H](c1ccc(F)c(Cl)c1)CC(=O)N2c1ccccc1. The van der Waals surface area contributed by atoms with E-state index < -0.39 is 17.7 Å². The number of benzene rings is 2. The van der Waals surface area contributed by atoms with Crippen LogP contribution in [-0.4, -0.2) is 23.6 Å². The van der Waals surface area contributed by atoms with Gasteiger partial charge in [0.1, 0.15) is 18.2 Å². The molecule has 0 saturated heterocycles. The lowest BCUT2D eigenvalue weighted by atomic mass is 9.90. The van der Waals surface area contributed by atoms with Gasteiger partial charge in [-0.2, -0.15) is 0 Å². The summed E-state index contributed by atoms with van der Waals surface area (Å²) in [5.41, 5.74) is 1.20. The molecule has 0 bridgehead atoms. The molecule has 1 amide bonds. The minimum Gasteiger partial charge on any atom is -0.468 e. The maximum atomic E-state index is 13.7. The van der Waals surface area contributed by atoms with Crippen molar-refractivity contribution in [3.8, 4) is 0 Å². The average Bonchev–Trinajstić information content (AvgIpc) is 3.06. The van der Waals surface area contributed by atoms with E-state index in [2.05, 4.69) is 0 Å². The Morgan fingerprint density at radius 3 is 2.63 bits per heavy atom. The fourth-order valence-electron chi connectivity index (χ4n) is 3.52. The van der Waals surface area contributed by atoms with E-state index in [1.54, 1.807) is 30.3 Å². The minimum atomic E-state index is -0.606. The van der Waals surface area contributed by atoms with E-state index in [0.29, 0.717) is 21.9 Å².